The van der Waals surface area contributed by atoms with Crippen LogP contribution in [0.15, 0.2) is 41.3 Å². The Morgan fingerprint density at radius 3 is 2.08 bits per heavy atom. The molecule has 0 aromatic heterocycles. The van der Waals surface area contributed by atoms with E-state index in [1.807, 2.05) is 12.2 Å². The summed E-state index contributed by atoms with van der Waals surface area (Å²) in [6.07, 6.45) is 5.15. The van der Waals surface area contributed by atoms with Crippen LogP contribution in [0.1, 0.15) is 12.8 Å². The minimum Gasteiger partial charge on any atom is -0.492 e. The minimum atomic E-state index is -3.48. The van der Waals surface area contributed by atoms with E-state index in [1.54, 1.807) is 12.1 Å². The molecule has 3 rings (SSSR count). The summed E-state index contributed by atoms with van der Waals surface area (Å²) in [6.45, 7) is 0.368. The van der Waals surface area contributed by atoms with Gasteiger partial charge >= 0.3 is 0 Å². The first-order valence-corrected chi connectivity index (χ1v) is 9.92. The average Bonchev–Trinajstić information content (AvgIpc) is 2.87. The van der Waals surface area contributed by atoms with Gasteiger partial charge in [-0.15, -0.1) is 0 Å². The zero-order chi connectivity index (χ0) is 18.9. The second-order valence-electron chi connectivity index (χ2n) is 6.59. The first kappa shape index (κ1) is 18.6. The van der Waals surface area contributed by atoms with Gasteiger partial charge in [-0.3, -0.25) is 14.5 Å². The topological polar surface area (TPSA) is 84.0 Å². The van der Waals surface area contributed by atoms with Crippen LogP contribution in [0, 0.1) is 11.8 Å². The summed E-state index contributed by atoms with van der Waals surface area (Å²) in [5, 5.41) is 0. The largest absolute Gasteiger partial charge is 0.492 e. The van der Waals surface area contributed by atoms with E-state index in [2.05, 4.69) is 0 Å². The lowest BCUT2D eigenvalue weighted by molar-refractivity contribution is -0.140. The highest BCUT2D eigenvalue weighted by Crippen LogP contribution is 2.34. The monoisotopic (exact) mass is 378 g/mol. The first-order chi connectivity index (χ1) is 12.3. The average molecular weight is 378 g/mol. The molecular weight excluding hydrogens is 356 g/mol. The second kappa shape index (κ2) is 7.20. The van der Waals surface area contributed by atoms with Crippen molar-refractivity contribution in [1.29, 1.82) is 0 Å². The normalized spacial score (nSPS) is 22.8. The molecule has 2 unspecified atom stereocenters. The van der Waals surface area contributed by atoms with Gasteiger partial charge in [0, 0.05) is 14.1 Å². The molecule has 2 atom stereocenters. The van der Waals surface area contributed by atoms with Crippen LogP contribution in [0.25, 0.3) is 0 Å². The molecule has 2 aliphatic rings. The summed E-state index contributed by atoms with van der Waals surface area (Å²) >= 11 is 0. The quantitative estimate of drug-likeness (QED) is 0.550. The fourth-order valence-electron chi connectivity index (χ4n) is 3.26. The van der Waals surface area contributed by atoms with Crippen LogP contribution in [-0.2, 0) is 19.6 Å². The van der Waals surface area contributed by atoms with Crippen molar-refractivity contribution in [3.8, 4) is 5.75 Å². The molecule has 1 aliphatic carbocycles. The number of amides is 2. The molecule has 1 heterocycles. The number of hydrogen-bond donors (Lipinski definition) is 0. The smallest absolute Gasteiger partial charge is 0.242 e. The Bertz CT molecular complexity index is 804. The number of carbonyl (C=O) groups is 2. The molecule has 0 bridgehead atoms. The highest BCUT2D eigenvalue weighted by Gasteiger charge is 2.46. The number of nitrogens with zero attached hydrogens (tertiary/aromatic N) is 2. The van der Waals surface area contributed by atoms with Gasteiger partial charge in [-0.2, -0.15) is 0 Å². The van der Waals surface area contributed by atoms with Crippen molar-refractivity contribution in [2.75, 3.05) is 27.2 Å². The fourth-order valence-corrected chi connectivity index (χ4v) is 4.16. The highest BCUT2D eigenvalue weighted by atomic mass is 32.2. The Hall–Kier alpha value is -2.19. The van der Waals surface area contributed by atoms with Crippen molar-refractivity contribution in [1.82, 2.24) is 9.21 Å². The molecule has 26 heavy (non-hydrogen) atoms. The number of hydrogen-bond acceptors (Lipinski definition) is 5. The summed E-state index contributed by atoms with van der Waals surface area (Å²) in [5.74, 6) is -0.229. The number of fused-ring (bicyclic) bond motifs is 1. The fraction of sp³-hybridized carbons (Fsp3) is 0.444. The van der Waals surface area contributed by atoms with E-state index in [9.17, 15) is 18.0 Å². The molecule has 0 spiro atoms. The van der Waals surface area contributed by atoms with Crippen molar-refractivity contribution in [2.45, 2.75) is 17.7 Å². The maximum Gasteiger partial charge on any atom is 0.242 e. The van der Waals surface area contributed by atoms with Gasteiger partial charge in [0.15, 0.2) is 0 Å². The van der Waals surface area contributed by atoms with Crippen LogP contribution >= 0.6 is 0 Å². The third-order valence-electron chi connectivity index (χ3n) is 4.78. The number of likely N-dealkylation sites (tertiary alicyclic amines) is 1. The summed E-state index contributed by atoms with van der Waals surface area (Å²) in [5.41, 5.74) is 0. The highest BCUT2D eigenvalue weighted by molar-refractivity contribution is 7.89. The van der Waals surface area contributed by atoms with Gasteiger partial charge in [0.25, 0.3) is 0 Å². The summed E-state index contributed by atoms with van der Waals surface area (Å²) in [4.78, 5) is 26.2. The number of ether oxygens (including phenoxy) is 1. The number of allylic oxidation sites excluding steroid dienone is 2. The van der Waals surface area contributed by atoms with Gasteiger partial charge in [-0.1, -0.05) is 12.2 Å². The van der Waals surface area contributed by atoms with Crippen molar-refractivity contribution in [3.05, 3.63) is 36.4 Å². The molecule has 7 nitrogen and oxygen atoms in total. The van der Waals surface area contributed by atoms with Crippen molar-refractivity contribution in [3.63, 3.8) is 0 Å². The Kier molecular flexibility index (Phi) is 5.15. The number of carbonyl (C=O) groups excluding carboxylic acids is 2. The second-order valence-corrected chi connectivity index (χ2v) is 8.74. The van der Waals surface area contributed by atoms with Gasteiger partial charge in [0.1, 0.15) is 12.4 Å². The molecule has 140 valence electrons. The van der Waals surface area contributed by atoms with Crippen LogP contribution < -0.4 is 4.74 Å². The lowest BCUT2D eigenvalue weighted by Gasteiger charge is -2.15. The van der Waals surface area contributed by atoms with E-state index < -0.39 is 10.0 Å². The molecule has 0 radical (unpaired) electrons. The van der Waals surface area contributed by atoms with E-state index in [0.29, 0.717) is 18.6 Å². The van der Waals surface area contributed by atoms with Gasteiger partial charge in [0.05, 0.1) is 23.3 Å². The first-order valence-electron chi connectivity index (χ1n) is 8.48. The zero-order valence-electron chi connectivity index (χ0n) is 14.8. The maximum absolute atomic E-state index is 12.4. The predicted octanol–water partition coefficient (Wildman–Crippen LogP) is 1.27. The Morgan fingerprint density at radius 1 is 1.04 bits per heavy atom. The Morgan fingerprint density at radius 2 is 1.58 bits per heavy atom. The molecule has 0 N–H and O–H groups in total. The molecular formula is C18H22N2O5S. The van der Waals surface area contributed by atoms with E-state index in [4.69, 9.17) is 4.74 Å². The Labute approximate surface area is 153 Å². The van der Waals surface area contributed by atoms with Crippen molar-refractivity contribution in [2.24, 2.45) is 11.8 Å². The van der Waals surface area contributed by atoms with E-state index >= 15 is 0 Å². The van der Waals surface area contributed by atoms with Crippen molar-refractivity contribution >= 4 is 21.8 Å². The zero-order valence-corrected chi connectivity index (χ0v) is 15.6. The van der Waals surface area contributed by atoms with Gasteiger partial charge < -0.3 is 4.74 Å². The van der Waals surface area contributed by atoms with Gasteiger partial charge in [0.2, 0.25) is 21.8 Å². The van der Waals surface area contributed by atoms with Crippen LogP contribution in [0.4, 0.5) is 0 Å². The summed E-state index contributed by atoms with van der Waals surface area (Å²) in [7, 11) is -0.541. The van der Waals surface area contributed by atoms with Gasteiger partial charge in [-0.25, -0.2) is 12.7 Å². The van der Waals surface area contributed by atoms with E-state index in [1.165, 1.54) is 31.1 Å². The Balaban J connectivity index is 1.57. The van der Waals surface area contributed by atoms with Crippen LogP contribution in [0.2, 0.25) is 0 Å². The van der Waals surface area contributed by atoms with E-state index in [-0.39, 0.29) is 41.7 Å². The molecule has 0 saturated carbocycles. The van der Waals surface area contributed by atoms with Crippen molar-refractivity contribution < 1.29 is 22.7 Å². The molecule has 1 saturated heterocycles. The van der Waals surface area contributed by atoms with Crippen LogP contribution in [0.3, 0.4) is 0 Å². The number of imide groups is 1. The third kappa shape index (κ3) is 3.39. The van der Waals surface area contributed by atoms with Crippen LogP contribution in [-0.4, -0.2) is 56.7 Å². The van der Waals surface area contributed by atoms with Crippen LogP contribution in [0.5, 0.6) is 5.75 Å². The summed E-state index contributed by atoms with van der Waals surface area (Å²) < 4.78 is 30.8. The maximum atomic E-state index is 12.4. The molecule has 1 aromatic rings. The number of rotatable bonds is 6. The number of benzene rings is 1. The lowest BCUT2D eigenvalue weighted by Crippen LogP contribution is -2.34. The molecule has 1 fully saturated rings. The lowest BCUT2D eigenvalue weighted by atomic mass is 9.85. The summed E-state index contributed by atoms with van der Waals surface area (Å²) in [6, 6.07) is 6.06. The van der Waals surface area contributed by atoms with E-state index in [0.717, 1.165) is 4.31 Å². The molecule has 8 heteroatoms. The SMILES string of the molecule is CN(C)S(=O)(=O)c1ccc(OCCN2C(=O)C3CC=CCC3C2=O)cc1. The standard InChI is InChI=1S/C18H22N2O5S/c1-19(2)26(23,24)14-9-7-13(8-10-14)25-12-11-20-17(21)15-5-3-4-6-16(15)18(20)22/h3-4,7-10,15-16H,5-6,11-12H2,1-2H3. The van der Waals surface area contributed by atoms with Gasteiger partial charge in [-0.05, 0) is 37.1 Å². The predicted molar refractivity (Wildman–Crippen MR) is 94.9 cm³/mol. The number of sulfonamides is 1. The molecule has 1 aromatic carbocycles. The molecule has 1 aliphatic heterocycles. The minimum absolute atomic E-state index is 0.125. The molecule has 2 amide bonds. The third-order valence-corrected chi connectivity index (χ3v) is 6.61.